The van der Waals surface area contributed by atoms with Gasteiger partial charge in [-0.3, -0.25) is 9.69 Å². The van der Waals surface area contributed by atoms with Gasteiger partial charge in [0.05, 0.1) is 12.6 Å². The van der Waals surface area contributed by atoms with Gasteiger partial charge in [0.25, 0.3) is 5.91 Å². The summed E-state index contributed by atoms with van der Waals surface area (Å²) in [5, 5.41) is 2.71. The van der Waals surface area contributed by atoms with Crippen molar-refractivity contribution in [2.45, 2.75) is 44.3 Å². The minimum absolute atomic E-state index is 0.0560. The van der Waals surface area contributed by atoms with E-state index in [0.717, 1.165) is 17.7 Å². The van der Waals surface area contributed by atoms with Crippen LogP contribution in [0, 0.1) is 11.8 Å². The normalized spacial score (nSPS) is 34.2. The standard InChI is InChI=1S/C14H20F3N3O2/c1-13(9-4-5-9)11(21)20(12(22)18-13)8-19-6-2-3-10(7-19)14(15,16)17/h9-10H,2-8H2,1H3,(H,18,22)/t10-,13+/m1/s1. The summed E-state index contributed by atoms with van der Waals surface area (Å²) in [4.78, 5) is 27.1. The molecule has 3 aliphatic rings. The van der Waals surface area contributed by atoms with Gasteiger partial charge in [0.2, 0.25) is 0 Å². The van der Waals surface area contributed by atoms with Gasteiger partial charge >= 0.3 is 12.2 Å². The number of hydrogen-bond donors (Lipinski definition) is 1. The molecule has 22 heavy (non-hydrogen) atoms. The molecule has 5 nitrogen and oxygen atoms in total. The Kier molecular flexibility index (Phi) is 3.62. The van der Waals surface area contributed by atoms with Crippen molar-refractivity contribution in [1.29, 1.82) is 0 Å². The zero-order valence-corrected chi connectivity index (χ0v) is 12.4. The Hall–Kier alpha value is -1.31. The van der Waals surface area contributed by atoms with Crippen LogP contribution in [0.15, 0.2) is 0 Å². The van der Waals surface area contributed by atoms with E-state index in [4.69, 9.17) is 0 Å². The summed E-state index contributed by atoms with van der Waals surface area (Å²) in [5.41, 5.74) is -0.879. The van der Waals surface area contributed by atoms with E-state index in [2.05, 4.69) is 5.32 Å². The summed E-state index contributed by atoms with van der Waals surface area (Å²) < 4.78 is 38.5. The Balaban J connectivity index is 1.65. The van der Waals surface area contributed by atoms with E-state index in [0.29, 0.717) is 13.0 Å². The van der Waals surface area contributed by atoms with Gasteiger partial charge in [-0.2, -0.15) is 13.2 Å². The molecule has 1 saturated carbocycles. The summed E-state index contributed by atoms with van der Waals surface area (Å²) in [6, 6.07) is -0.492. The quantitative estimate of drug-likeness (QED) is 0.809. The van der Waals surface area contributed by atoms with Crippen molar-refractivity contribution in [2.75, 3.05) is 19.8 Å². The fourth-order valence-corrected chi connectivity index (χ4v) is 3.43. The highest BCUT2D eigenvalue weighted by Gasteiger charge is 2.56. The van der Waals surface area contributed by atoms with Gasteiger partial charge in [-0.15, -0.1) is 0 Å². The second-order valence-electron chi connectivity index (χ2n) is 6.74. The summed E-state index contributed by atoms with van der Waals surface area (Å²) in [7, 11) is 0. The van der Waals surface area contributed by atoms with Crippen LogP contribution in [0.2, 0.25) is 0 Å². The molecule has 3 fully saturated rings. The molecule has 3 amide bonds. The molecule has 0 aromatic rings. The number of urea groups is 1. The van der Waals surface area contributed by atoms with Crippen molar-refractivity contribution >= 4 is 11.9 Å². The summed E-state index contributed by atoms with van der Waals surface area (Å²) >= 11 is 0. The van der Waals surface area contributed by atoms with Gasteiger partial charge in [-0.25, -0.2) is 9.69 Å². The smallest absolute Gasteiger partial charge is 0.323 e. The zero-order chi connectivity index (χ0) is 16.1. The molecule has 0 unspecified atom stereocenters. The van der Waals surface area contributed by atoms with Crippen LogP contribution in [0.5, 0.6) is 0 Å². The highest BCUT2D eigenvalue weighted by atomic mass is 19.4. The Morgan fingerprint density at radius 1 is 1.27 bits per heavy atom. The summed E-state index contributed by atoms with van der Waals surface area (Å²) in [5.74, 6) is -1.54. The number of nitrogens with zero attached hydrogens (tertiary/aromatic N) is 2. The zero-order valence-electron chi connectivity index (χ0n) is 12.4. The number of imide groups is 1. The van der Waals surface area contributed by atoms with Crippen LogP contribution in [0.25, 0.3) is 0 Å². The van der Waals surface area contributed by atoms with Crippen LogP contribution in [-0.4, -0.2) is 53.2 Å². The number of piperidine rings is 1. The molecule has 0 aromatic carbocycles. The van der Waals surface area contributed by atoms with Crippen LogP contribution >= 0.6 is 0 Å². The second-order valence-corrected chi connectivity index (χ2v) is 6.74. The number of halogens is 3. The van der Waals surface area contributed by atoms with Crippen molar-refractivity contribution in [2.24, 2.45) is 11.8 Å². The first-order valence-corrected chi connectivity index (χ1v) is 7.65. The molecule has 0 bridgehead atoms. The van der Waals surface area contributed by atoms with E-state index < -0.39 is 23.7 Å². The molecule has 2 atom stereocenters. The summed E-state index contributed by atoms with van der Waals surface area (Å²) in [6.45, 7) is 1.98. The van der Waals surface area contributed by atoms with Crippen LogP contribution in [-0.2, 0) is 4.79 Å². The minimum Gasteiger partial charge on any atom is -0.323 e. The second kappa shape index (κ2) is 5.11. The van der Waals surface area contributed by atoms with Gasteiger partial charge in [0.1, 0.15) is 5.54 Å². The van der Waals surface area contributed by atoms with Crippen molar-refractivity contribution in [3.05, 3.63) is 0 Å². The Morgan fingerprint density at radius 2 is 1.95 bits per heavy atom. The molecular weight excluding hydrogens is 299 g/mol. The molecule has 0 radical (unpaired) electrons. The average Bonchev–Trinajstić information content (AvgIpc) is 3.25. The van der Waals surface area contributed by atoms with Gasteiger partial charge in [0.15, 0.2) is 0 Å². The first-order valence-electron chi connectivity index (χ1n) is 7.65. The number of carbonyl (C=O) groups is 2. The molecule has 2 heterocycles. The predicted molar refractivity (Wildman–Crippen MR) is 71.7 cm³/mol. The van der Waals surface area contributed by atoms with Crippen molar-refractivity contribution in [3.63, 3.8) is 0 Å². The predicted octanol–water partition coefficient (Wildman–Crippen LogP) is 1.94. The third kappa shape index (κ3) is 2.68. The lowest BCUT2D eigenvalue weighted by molar-refractivity contribution is -0.187. The van der Waals surface area contributed by atoms with Gasteiger partial charge in [-0.05, 0) is 45.1 Å². The van der Waals surface area contributed by atoms with Gasteiger partial charge in [0, 0.05) is 6.54 Å². The number of hydrogen-bond acceptors (Lipinski definition) is 3. The van der Waals surface area contributed by atoms with Crippen molar-refractivity contribution in [1.82, 2.24) is 15.1 Å². The number of amides is 3. The number of nitrogens with one attached hydrogen (secondary N) is 1. The van der Waals surface area contributed by atoms with Crippen molar-refractivity contribution < 1.29 is 22.8 Å². The Bertz CT molecular complexity index is 492. The number of likely N-dealkylation sites (tertiary alicyclic amines) is 1. The first-order chi connectivity index (χ1) is 10.2. The van der Waals surface area contributed by atoms with E-state index in [1.165, 1.54) is 0 Å². The lowest BCUT2D eigenvalue weighted by Gasteiger charge is -2.35. The number of carbonyl (C=O) groups excluding carboxylic acids is 2. The maximum absolute atomic E-state index is 12.8. The monoisotopic (exact) mass is 319 g/mol. The van der Waals surface area contributed by atoms with E-state index in [9.17, 15) is 22.8 Å². The van der Waals surface area contributed by atoms with Crippen LogP contribution in [0.3, 0.4) is 0 Å². The highest BCUT2D eigenvalue weighted by molar-refractivity contribution is 6.07. The third-order valence-corrected chi connectivity index (χ3v) is 5.00. The van der Waals surface area contributed by atoms with Crippen LogP contribution in [0.4, 0.5) is 18.0 Å². The van der Waals surface area contributed by atoms with E-state index >= 15 is 0 Å². The van der Waals surface area contributed by atoms with E-state index in [-0.39, 0.29) is 31.5 Å². The molecule has 8 heteroatoms. The summed E-state index contributed by atoms with van der Waals surface area (Å²) in [6.07, 6.45) is -1.89. The molecule has 1 aliphatic carbocycles. The lowest BCUT2D eigenvalue weighted by atomic mass is 9.96. The molecule has 0 aromatic heterocycles. The fraction of sp³-hybridized carbons (Fsp3) is 0.857. The lowest BCUT2D eigenvalue weighted by Crippen LogP contribution is -2.49. The maximum Gasteiger partial charge on any atom is 0.393 e. The number of alkyl halides is 3. The Morgan fingerprint density at radius 3 is 2.55 bits per heavy atom. The molecule has 2 saturated heterocycles. The fourth-order valence-electron chi connectivity index (χ4n) is 3.43. The molecule has 1 N–H and O–H groups in total. The molecule has 2 aliphatic heterocycles. The Labute approximate surface area is 126 Å². The SMILES string of the molecule is C[C@@]1(C2CC2)NC(=O)N(CN2CCC[C@@H](C(F)(F)F)C2)C1=O. The highest BCUT2D eigenvalue weighted by Crippen LogP contribution is 2.42. The first kappa shape index (κ1) is 15.6. The molecule has 0 spiro atoms. The topological polar surface area (TPSA) is 52.7 Å². The largest absolute Gasteiger partial charge is 0.393 e. The average molecular weight is 319 g/mol. The molecular formula is C14H20F3N3O2. The molecule has 3 rings (SSSR count). The van der Waals surface area contributed by atoms with Gasteiger partial charge < -0.3 is 5.32 Å². The minimum atomic E-state index is -4.22. The number of rotatable bonds is 3. The van der Waals surface area contributed by atoms with E-state index in [1.54, 1.807) is 11.8 Å². The van der Waals surface area contributed by atoms with Crippen LogP contribution in [0.1, 0.15) is 32.6 Å². The van der Waals surface area contributed by atoms with Crippen LogP contribution < -0.4 is 5.32 Å². The molecule has 124 valence electrons. The van der Waals surface area contributed by atoms with E-state index in [1.807, 2.05) is 0 Å². The van der Waals surface area contributed by atoms with Crippen molar-refractivity contribution in [3.8, 4) is 0 Å². The van der Waals surface area contributed by atoms with Gasteiger partial charge in [-0.1, -0.05) is 0 Å². The third-order valence-electron chi connectivity index (χ3n) is 5.00. The maximum atomic E-state index is 12.8.